The molecule has 0 aliphatic carbocycles. The van der Waals surface area contributed by atoms with Gasteiger partial charge in [-0.3, -0.25) is 20.7 Å². The molecule has 3 unspecified atom stereocenters. The van der Waals surface area contributed by atoms with Crippen LogP contribution in [0.5, 0.6) is 0 Å². The quantitative estimate of drug-likeness (QED) is 0.705. The molecule has 2 fully saturated rings. The molecule has 3 atom stereocenters. The number of fused-ring (bicyclic) bond motifs is 1. The number of benzene rings is 2. The van der Waals surface area contributed by atoms with Crippen LogP contribution >= 0.6 is 0 Å². The molecule has 2 N–H and O–H groups in total. The molecule has 1 aromatic heterocycles. The van der Waals surface area contributed by atoms with Gasteiger partial charge >= 0.3 is 0 Å². The van der Waals surface area contributed by atoms with Crippen molar-refractivity contribution >= 4 is 0 Å². The van der Waals surface area contributed by atoms with Crippen molar-refractivity contribution in [2.75, 3.05) is 13.1 Å². The Morgan fingerprint density at radius 1 is 0.897 bits per heavy atom. The fraction of sp³-hybridized carbons (Fsp3) is 0.320. The number of hydrazine groups is 1. The van der Waals surface area contributed by atoms with Gasteiger partial charge in [-0.1, -0.05) is 66.7 Å². The fourth-order valence-corrected chi connectivity index (χ4v) is 5.06. The monoisotopic (exact) mass is 384 g/mol. The van der Waals surface area contributed by atoms with Crippen molar-refractivity contribution in [3.05, 3.63) is 102 Å². The van der Waals surface area contributed by atoms with Crippen molar-refractivity contribution in [3.63, 3.8) is 0 Å². The van der Waals surface area contributed by atoms with E-state index in [1.807, 2.05) is 18.5 Å². The Hall–Kier alpha value is -2.53. The first-order chi connectivity index (χ1) is 14.4. The van der Waals surface area contributed by atoms with Gasteiger partial charge in [-0.05, 0) is 29.2 Å². The zero-order chi connectivity index (χ0) is 19.5. The molecule has 29 heavy (non-hydrogen) atoms. The van der Waals surface area contributed by atoms with E-state index in [0.717, 1.165) is 19.6 Å². The minimum absolute atomic E-state index is 0.332. The highest BCUT2D eigenvalue weighted by Gasteiger charge is 2.43. The van der Waals surface area contributed by atoms with Gasteiger partial charge in [0.25, 0.3) is 0 Å². The molecule has 148 valence electrons. The summed E-state index contributed by atoms with van der Waals surface area (Å²) < 4.78 is 0. The summed E-state index contributed by atoms with van der Waals surface area (Å²) in [6, 6.07) is 27.0. The molecule has 2 aliphatic heterocycles. The van der Waals surface area contributed by atoms with E-state index in [4.69, 9.17) is 0 Å². The maximum absolute atomic E-state index is 4.29. The summed E-state index contributed by atoms with van der Waals surface area (Å²) in [6.07, 6.45) is 5.01. The first kappa shape index (κ1) is 18.5. The Labute approximate surface area is 173 Å². The number of nitrogens with zero attached hydrogens (tertiary/aromatic N) is 2. The second-order valence-electron chi connectivity index (χ2n) is 8.27. The number of hydrogen-bond acceptors (Lipinski definition) is 4. The van der Waals surface area contributed by atoms with Crippen LogP contribution in [0.3, 0.4) is 0 Å². The lowest BCUT2D eigenvalue weighted by Crippen LogP contribution is -2.47. The average Bonchev–Trinajstić information content (AvgIpc) is 3.19. The first-order valence-corrected chi connectivity index (χ1v) is 10.6. The number of piperidine rings is 1. The molecule has 0 saturated carbocycles. The van der Waals surface area contributed by atoms with Crippen LogP contribution in [-0.4, -0.2) is 35.1 Å². The first-order valence-electron chi connectivity index (χ1n) is 10.6. The molecule has 4 nitrogen and oxygen atoms in total. The van der Waals surface area contributed by atoms with E-state index in [1.54, 1.807) is 0 Å². The van der Waals surface area contributed by atoms with Gasteiger partial charge in [-0.15, -0.1) is 0 Å². The Morgan fingerprint density at radius 3 is 2.28 bits per heavy atom. The van der Waals surface area contributed by atoms with Gasteiger partial charge in [0.1, 0.15) is 0 Å². The summed E-state index contributed by atoms with van der Waals surface area (Å²) in [5.74, 6) is 0.893. The predicted molar refractivity (Wildman–Crippen MR) is 116 cm³/mol. The lowest BCUT2D eigenvalue weighted by Gasteiger charge is -2.38. The van der Waals surface area contributed by atoms with Crippen LogP contribution in [0.2, 0.25) is 0 Å². The molecule has 3 aromatic rings. The molecule has 4 heteroatoms. The summed E-state index contributed by atoms with van der Waals surface area (Å²) in [5, 5.41) is 0. The summed E-state index contributed by atoms with van der Waals surface area (Å²) in [7, 11) is 0. The molecule has 2 saturated heterocycles. The molecule has 0 spiro atoms. The van der Waals surface area contributed by atoms with E-state index in [1.165, 1.54) is 23.1 Å². The molecular weight excluding hydrogens is 356 g/mol. The number of likely N-dealkylation sites (tertiary alicyclic amines) is 1. The second-order valence-corrected chi connectivity index (χ2v) is 8.27. The highest BCUT2D eigenvalue weighted by atomic mass is 15.4. The fourth-order valence-electron chi connectivity index (χ4n) is 5.06. The van der Waals surface area contributed by atoms with Gasteiger partial charge in [-0.25, -0.2) is 0 Å². The summed E-state index contributed by atoms with van der Waals surface area (Å²) in [5.41, 5.74) is 11.4. The Kier molecular flexibility index (Phi) is 5.39. The van der Waals surface area contributed by atoms with Crippen molar-refractivity contribution in [2.24, 2.45) is 5.92 Å². The largest absolute Gasteiger partial charge is 0.299 e. The zero-order valence-electron chi connectivity index (χ0n) is 16.6. The van der Waals surface area contributed by atoms with Gasteiger partial charge in [0.15, 0.2) is 0 Å². The van der Waals surface area contributed by atoms with Crippen molar-refractivity contribution in [1.82, 2.24) is 20.7 Å². The van der Waals surface area contributed by atoms with Gasteiger partial charge in [0.2, 0.25) is 0 Å². The minimum Gasteiger partial charge on any atom is -0.299 e. The van der Waals surface area contributed by atoms with E-state index in [-0.39, 0.29) is 0 Å². The zero-order valence-corrected chi connectivity index (χ0v) is 16.6. The van der Waals surface area contributed by atoms with E-state index in [9.17, 15) is 0 Å². The van der Waals surface area contributed by atoms with Crippen LogP contribution in [0.25, 0.3) is 0 Å². The van der Waals surface area contributed by atoms with E-state index in [2.05, 4.69) is 87.5 Å². The van der Waals surface area contributed by atoms with Gasteiger partial charge in [0.05, 0.1) is 0 Å². The Morgan fingerprint density at radius 2 is 1.62 bits per heavy atom. The topological polar surface area (TPSA) is 40.2 Å². The van der Waals surface area contributed by atoms with Gasteiger partial charge in [-0.2, -0.15) is 0 Å². The van der Waals surface area contributed by atoms with E-state index < -0.39 is 0 Å². The highest BCUT2D eigenvalue weighted by molar-refractivity contribution is 5.35. The summed E-state index contributed by atoms with van der Waals surface area (Å²) in [6.45, 7) is 3.20. The number of nitrogens with one attached hydrogen (secondary N) is 2. The van der Waals surface area contributed by atoms with E-state index >= 15 is 0 Å². The summed E-state index contributed by atoms with van der Waals surface area (Å²) in [4.78, 5) is 6.88. The standard InChI is InChI=1S/C25H28N4/c1-3-9-20(10-4-1)24(21-11-5-2-6-12-21)25-22-18-29(15-13-23(22)27-28-25)17-19-8-7-14-26-16-19/h1-12,14,16,22-25,27-28H,13,15,17-18H2. The van der Waals surface area contributed by atoms with Crippen molar-refractivity contribution < 1.29 is 0 Å². The van der Waals surface area contributed by atoms with Crippen LogP contribution in [0.4, 0.5) is 0 Å². The number of rotatable bonds is 5. The van der Waals surface area contributed by atoms with Gasteiger partial charge < -0.3 is 0 Å². The van der Waals surface area contributed by atoms with Crippen LogP contribution in [0.15, 0.2) is 85.2 Å². The third-order valence-corrected chi connectivity index (χ3v) is 6.44. The normalized spacial score (nSPS) is 24.5. The lowest BCUT2D eigenvalue weighted by atomic mass is 9.76. The smallest absolute Gasteiger partial charge is 0.0378 e. The average molecular weight is 385 g/mol. The Balaban J connectivity index is 1.41. The number of pyridine rings is 1. The minimum atomic E-state index is 0.332. The molecule has 2 aliphatic rings. The van der Waals surface area contributed by atoms with E-state index in [0.29, 0.717) is 23.9 Å². The van der Waals surface area contributed by atoms with Crippen molar-refractivity contribution in [3.8, 4) is 0 Å². The number of hydrogen-bond donors (Lipinski definition) is 2. The molecule has 2 aromatic carbocycles. The second kappa shape index (κ2) is 8.46. The van der Waals surface area contributed by atoms with Crippen LogP contribution in [0, 0.1) is 5.92 Å². The molecule has 5 rings (SSSR count). The van der Waals surface area contributed by atoms with Gasteiger partial charge in [0, 0.05) is 55.9 Å². The van der Waals surface area contributed by atoms with Crippen molar-refractivity contribution in [2.45, 2.75) is 31.0 Å². The Bertz CT molecular complexity index is 860. The SMILES string of the molecule is c1ccc(C(c2ccccc2)C2NNC3CCN(Cc4cccnc4)CC32)cc1. The molecule has 0 radical (unpaired) electrons. The molecule has 0 bridgehead atoms. The lowest BCUT2D eigenvalue weighted by molar-refractivity contribution is 0.145. The van der Waals surface area contributed by atoms with Crippen LogP contribution in [-0.2, 0) is 6.54 Å². The van der Waals surface area contributed by atoms with Crippen LogP contribution in [0.1, 0.15) is 29.0 Å². The summed E-state index contributed by atoms with van der Waals surface area (Å²) >= 11 is 0. The maximum Gasteiger partial charge on any atom is 0.0378 e. The van der Waals surface area contributed by atoms with Crippen molar-refractivity contribution in [1.29, 1.82) is 0 Å². The maximum atomic E-state index is 4.29. The predicted octanol–water partition coefficient (Wildman–Crippen LogP) is 3.58. The third-order valence-electron chi connectivity index (χ3n) is 6.44. The molecule has 0 amide bonds. The number of aromatic nitrogens is 1. The third kappa shape index (κ3) is 3.97. The molecular formula is C25H28N4. The molecule has 3 heterocycles. The van der Waals surface area contributed by atoms with Crippen LogP contribution < -0.4 is 10.9 Å². The highest BCUT2D eigenvalue weighted by Crippen LogP contribution is 2.37.